The van der Waals surface area contributed by atoms with Crippen LogP contribution >= 0.6 is 11.3 Å². The summed E-state index contributed by atoms with van der Waals surface area (Å²) in [6.07, 6.45) is 1.05. The summed E-state index contributed by atoms with van der Waals surface area (Å²) >= 11 is 1.77. The molecule has 0 aliphatic heterocycles. The Kier molecular flexibility index (Phi) is 3.56. The summed E-state index contributed by atoms with van der Waals surface area (Å²) in [6.45, 7) is 2.96. The minimum absolute atomic E-state index is 0.536. The van der Waals surface area contributed by atoms with E-state index in [0.29, 0.717) is 6.04 Å². The highest BCUT2D eigenvalue weighted by Crippen LogP contribution is 2.22. The Morgan fingerprint density at radius 3 is 2.92 bits per heavy atom. The van der Waals surface area contributed by atoms with Gasteiger partial charge in [0.15, 0.2) is 0 Å². The summed E-state index contributed by atoms with van der Waals surface area (Å²) < 4.78 is 0. The van der Waals surface area contributed by atoms with Crippen molar-refractivity contribution in [3.63, 3.8) is 0 Å². The van der Waals surface area contributed by atoms with Gasteiger partial charge >= 0.3 is 0 Å². The molecule has 2 N–H and O–H groups in total. The van der Waals surface area contributed by atoms with Crippen LogP contribution in [0.1, 0.15) is 13.3 Å². The van der Waals surface area contributed by atoms with Gasteiger partial charge in [0.25, 0.3) is 0 Å². The molecule has 0 aliphatic rings. The van der Waals surface area contributed by atoms with Crippen LogP contribution in [0.3, 0.4) is 0 Å². The van der Waals surface area contributed by atoms with E-state index >= 15 is 0 Å². The molecule has 0 aromatic carbocycles. The van der Waals surface area contributed by atoms with Crippen molar-refractivity contribution in [1.29, 1.82) is 0 Å². The highest BCUT2D eigenvalue weighted by molar-refractivity contribution is 7.14. The first kappa shape index (κ1) is 9.55. The Morgan fingerprint density at radius 1 is 1.67 bits per heavy atom. The standard InChI is InChI=1S/C9H16N2S/c1-8(5-6-10)11(2)9-4-3-7-12-9/h3-4,7-8H,5-6,10H2,1-2H3. The molecule has 1 heterocycles. The molecule has 2 nitrogen and oxygen atoms in total. The molecule has 1 aromatic heterocycles. The lowest BCUT2D eigenvalue weighted by Gasteiger charge is -2.24. The van der Waals surface area contributed by atoms with Crippen molar-refractivity contribution in [3.05, 3.63) is 17.5 Å². The van der Waals surface area contributed by atoms with E-state index < -0.39 is 0 Å². The predicted octanol–water partition coefficient (Wildman–Crippen LogP) is 1.92. The summed E-state index contributed by atoms with van der Waals surface area (Å²) in [5.41, 5.74) is 5.50. The predicted molar refractivity (Wildman–Crippen MR) is 55.9 cm³/mol. The normalized spacial score (nSPS) is 12.9. The maximum absolute atomic E-state index is 5.50. The van der Waals surface area contributed by atoms with Crippen LogP contribution in [-0.2, 0) is 0 Å². The maximum atomic E-state index is 5.50. The lowest BCUT2D eigenvalue weighted by atomic mass is 10.2. The lowest BCUT2D eigenvalue weighted by molar-refractivity contribution is 0.638. The maximum Gasteiger partial charge on any atom is 0.0908 e. The molecule has 12 heavy (non-hydrogen) atoms. The van der Waals surface area contributed by atoms with Crippen LogP contribution in [0.5, 0.6) is 0 Å². The van der Waals surface area contributed by atoms with Crippen molar-refractivity contribution in [3.8, 4) is 0 Å². The molecule has 0 aliphatic carbocycles. The average Bonchev–Trinajstić information content (AvgIpc) is 2.55. The third kappa shape index (κ3) is 2.22. The molecule has 0 amide bonds. The smallest absolute Gasteiger partial charge is 0.0908 e. The number of hydrogen-bond donors (Lipinski definition) is 1. The van der Waals surface area contributed by atoms with Crippen LogP contribution in [0.4, 0.5) is 5.00 Å². The van der Waals surface area contributed by atoms with Crippen molar-refractivity contribution >= 4 is 16.3 Å². The molecule has 0 spiro atoms. The van der Waals surface area contributed by atoms with Gasteiger partial charge in [0, 0.05) is 13.1 Å². The zero-order valence-electron chi connectivity index (χ0n) is 7.66. The Balaban J connectivity index is 2.53. The first-order valence-corrected chi connectivity index (χ1v) is 5.10. The summed E-state index contributed by atoms with van der Waals surface area (Å²) in [7, 11) is 2.12. The Morgan fingerprint density at radius 2 is 2.42 bits per heavy atom. The number of rotatable bonds is 4. The topological polar surface area (TPSA) is 29.3 Å². The van der Waals surface area contributed by atoms with Crippen LogP contribution in [0.2, 0.25) is 0 Å². The van der Waals surface area contributed by atoms with Crippen LogP contribution in [0.15, 0.2) is 17.5 Å². The van der Waals surface area contributed by atoms with E-state index in [1.54, 1.807) is 11.3 Å². The van der Waals surface area contributed by atoms with E-state index in [2.05, 4.69) is 36.4 Å². The van der Waals surface area contributed by atoms with Crippen LogP contribution in [-0.4, -0.2) is 19.6 Å². The zero-order valence-corrected chi connectivity index (χ0v) is 8.47. The number of thiophene rings is 1. The van der Waals surface area contributed by atoms with Gasteiger partial charge in [-0.25, -0.2) is 0 Å². The molecule has 3 heteroatoms. The highest BCUT2D eigenvalue weighted by atomic mass is 32.1. The molecule has 68 valence electrons. The quantitative estimate of drug-likeness (QED) is 0.774. The first-order chi connectivity index (χ1) is 5.75. The van der Waals surface area contributed by atoms with Crippen LogP contribution in [0, 0.1) is 0 Å². The van der Waals surface area contributed by atoms with E-state index in [1.165, 1.54) is 5.00 Å². The van der Waals surface area contributed by atoms with E-state index in [9.17, 15) is 0 Å². The molecule has 0 saturated heterocycles. The molecule has 0 radical (unpaired) electrons. The molecule has 0 fully saturated rings. The molecule has 0 bridgehead atoms. The van der Waals surface area contributed by atoms with Gasteiger partial charge in [0.2, 0.25) is 0 Å². The second kappa shape index (κ2) is 4.48. The van der Waals surface area contributed by atoms with Crippen molar-refractivity contribution in [2.45, 2.75) is 19.4 Å². The van der Waals surface area contributed by atoms with Crippen molar-refractivity contribution in [2.24, 2.45) is 5.73 Å². The van der Waals surface area contributed by atoms with Crippen molar-refractivity contribution < 1.29 is 0 Å². The zero-order chi connectivity index (χ0) is 8.97. The van der Waals surface area contributed by atoms with Crippen molar-refractivity contribution in [1.82, 2.24) is 0 Å². The fourth-order valence-corrected chi connectivity index (χ4v) is 1.92. The van der Waals surface area contributed by atoms with Gasteiger partial charge in [0.05, 0.1) is 5.00 Å². The molecular weight excluding hydrogens is 168 g/mol. The van der Waals surface area contributed by atoms with E-state index in [4.69, 9.17) is 5.73 Å². The third-order valence-electron chi connectivity index (χ3n) is 2.10. The number of hydrogen-bond acceptors (Lipinski definition) is 3. The van der Waals surface area contributed by atoms with Crippen LogP contribution < -0.4 is 10.6 Å². The average molecular weight is 184 g/mol. The first-order valence-electron chi connectivity index (χ1n) is 4.22. The Bertz CT molecular complexity index is 208. The van der Waals surface area contributed by atoms with Gasteiger partial charge in [-0.05, 0) is 37.4 Å². The van der Waals surface area contributed by atoms with Crippen LogP contribution in [0.25, 0.3) is 0 Å². The summed E-state index contributed by atoms with van der Waals surface area (Å²) in [4.78, 5) is 2.28. The van der Waals surface area contributed by atoms with Gasteiger partial charge in [-0.1, -0.05) is 0 Å². The minimum atomic E-state index is 0.536. The Hall–Kier alpha value is -0.540. The molecule has 1 atom stereocenters. The molecule has 0 saturated carbocycles. The summed E-state index contributed by atoms with van der Waals surface area (Å²) in [6, 6.07) is 4.75. The van der Waals surface area contributed by atoms with Gasteiger partial charge < -0.3 is 10.6 Å². The van der Waals surface area contributed by atoms with Gasteiger partial charge in [-0.15, -0.1) is 11.3 Å². The third-order valence-corrected chi connectivity index (χ3v) is 3.06. The molecular formula is C9H16N2S. The lowest BCUT2D eigenvalue weighted by Crippen LogP contribution is -2.30. The largest absolute Gasteiger partial charge is 0.364 e. The molecule has 1 unspecified atom stereocenters. The van der Waals surface area contributed by atoms with E-state index in [0.717, 1.165) is 13.0 Å². The highest BCUT2D eigenvalue weighted by Gasteiger charge is 2.08. The number of nitrogens with two attached hydrogens (primary N) is 1. The number of anilines is 1. The minimum Gasteiger partial charge on any atom is -0.364 e. The molecule has 1 aromatic rings. The van der Waals surface area contributed by atoms with E-state index in [-0.39, 0.29) is 0 Å². The monoisotopic (exact) mass is 184 g/mol. The van der Waals surface area contributed by atoms with Gasteiger partial charge in [-0.2, -0.15) is 0 Å². The van der Waals surface area contributed by atoms with Gasteiger partial charge in [0.1, 0.15) is 0 Å². The second-order valence-electron chi connectivity index (χ2n) is 2.99. The SMILES string of the molecule is CC(CCN)N(C)c1cccs1. The van der Waals surface area contributed by atoms with Crippen molar-refractivity contribution in [2.75, 3.05) is 18.5 Å². The Labute approximate surface area is 78.0 Å². The fourth-order valence-electron chi connectivity index (χ4n) is 1.12. The van der Waals surface area contributed by atoms with Gasteiger partial charge in [-0.3, -0.25) is 0 Å². The summed E-state index contributed by atoms with van der Waals surface area (Å²) in [5.74, 6) is 0. The number of nitrogens with zero attached hydrogens (tertiary/aromatic N) is 1. The second-order valence-corrected chi connectivity index (χ2v) is 3.91. The molecule has 1 rings (SSSR count). The summed E-state index contributed by atoms with van der Waals surface area (Å²) in [5, 5.41) is 3.41. The fraction of sp³-hybridized carbons (Fsp3) is 0.556. The van der Waals surface area contributed by atoms with E-state index in [1.807, 2.05) is 0 Å².